The zero-order chi connectivity index (χ0) is 10.3. The van der Waals surface area contributed by atoms with Gasteiger partial charge >= 0.3 is 0 Å². The first-order valence-electron chi connectivity index (χ1n) is 6.50. The lowest BCUT2D eigenvalue weighted by Crippen LogP contribution is -2.27. The third kappa shape index (κ3) is 1.73. The molecule has 0 N–H and O–H groups in total. The van der Waals surface area contributed by atoms with E-state index in [1.54, 1.807) is 0 Å². The van der Waals surface area contributed by atoms with Crippen LogP contribution in [0.4, 0.5) is 0 Å². The third-order valence-corrected chi connectivity index (χ3v) is 5.05. The predicted octanol–water partition coefficient (Wildman–Crippen LogP) is 4.49. The standard InChI is InChI=1S/C14H26/c1-10-5-7-12-11(2)6-8-13(12)14(3,4)9-10/h10-13H,5-9H2,1-4H3. The summed E-state index contributed by atoms with van der Waals surface area (Å²) in [5.41, 5.74) is 0.616. The van der Waals surface area contributed by atoms with Crippen LogP contribution in [0.1, 0.15) is 59.8 Å². The molecule has 2 rings (SSSR count). The molecule has 0 aromatic carbocycles. The van der Waals surface area contributed by atoms with Gasteiger partial charge in [0.15, 0.2) is 0 Å². The maximum absolute atomic E-state index is 2.52. The summed E-state index contributed by atoms with van der Waals surface area (Å²) < 4.78 is 0. The second-order valence-electron chi connectivity index (χ2n) is 6.70. The molecule has 0 aromatic rings. The van der Waals surface area contributed by atoms with Crippen molar-refractivity contribution in [2.75, 3.05) is 0 Å². The van der Waals surface area contributed by atoms with E-state index in [1.807, 2.05) is 0 Å². The van der Waals surface area contributed by atoms with E-state index in [-0.39, 0.29) is 0 Å². The molecular weight excluding hydrogens is 168 g/mol. The van der Waals surface area contributed by atoms with Crippen LogP contribution in [0.25, 0.3) is 0 Å². The molecule has 0 radical (unpaired) electrons. The van der Waals surface area contributed by atoms with Gasteiger partial charge in [-0.3, -0.25) is 0 Å². The molecular formula is C14H26. The van der Waals surface area contributed by atoms with Crippen molar-refractivity contribution in [1.82, 2.24) is 0 Å². The van der Waals surface area contributed by atoms with Gasteiger partial charge in [-0.1, -0.05) is 40.5 Å². The second-order valence-corrected chi connectivity index (χ2v) is 6.70. The number of hydrogen-bond acceptors (Lipinski definition) is 0. The molecule has 0 heterocycles. The molecule has 0 saturated heterocycles. The van der Waals surface area contributed by atoms with Gasteiger partial charge in [-0.15, -0.1) is 0 Å². The minimum atomic E-state index is 0.616. The molecule has 2 aliphatic rings. The van der Waals surface area contributed by atoms with E-state index in [0.717, 1.165) is 23.7 Å². The summed E-state index contributed by atoms with van der Waals surface area (Å²) in [5.74, 6) is 4.05. The fraction of sp³-hybridized carbons (Fsp3) is 1.00. The van der Waals surface area contributed by atoms with Gasteiger partial charge in [0.2, 0.25) is 0 Å². The highest BCUT2D eigenvalue weighted by Gasteiger charge is 2.44. The zero-order valence-corrected chi connectivity index (χ0v) is 10.3. The van der Waals surface area contributed by atoms with E-state index in [0.29, 0.717) is 5.41 Å². The van der Waals surface area contributed by atoms with Gasteiger partial charge in [0.1, 0.15) is 0 Å². The highest BCUT2D eigenvalue weighted by molar-refractivity contribution is 4.94. The second kappa shape index (κ2) is 3.54. The summed E-state index contributed by atoms with van der Waals surface area (Å²) in [6.07, 6.45) is 7.45. The number of rotatable bonds is 0. The van der Waals surface area contributed by atoms with E-state index in [2.05, 4.69) is 27.7 Å². The van der Waals surface area contributed by atoms with Crippen molar-refractivity contribution in [3.05, 3.63) is 0 Å². The Morgan fingerprint density at radius 3 is 2.36 bits per heavy atom. The highest BCUT2D eigenvalue weighted by Crippen LogP contribution is 2.53. The molecule has 82 valence electrons. The fourth-order valence-electron chi connectivity index (χ4n) is 4.35. The summed E-state index contributed by atoms with van der Waals surface area (Å²) >= 11 is 0. The molecule has 14 heavy (non-hydrogen) atoms. The zero-order valence-electron chi connectivity index (χ0n) is 10.3. The monoisotopic (exact) mass is 194 g/mol. The van der Waals surface area contributed by atoms with Crippen LogP contribution in [0.3, 0.4) is 0 Å². The summed E-state index contributed by atoms with van der Waals surface area (Å²) in [7, 11) is 0. The first kappa shape index (κ1) is 10.5. The van der Waals surface area contributed by atoms with Crippen molar-refractivity contribution in [3.63, 3.8) is 0 Å². The van der Waals surface area contributed by atoms with Gasteiger partial charge < -0.3 is 0 Å². The third-order valence-electron chi connectivity index (χ3n) is 5.05. The lowest BCUT2D eigenvalue weighted by atomic mass is 9.70. The molecule has 0 amide bonds. The van der Waals surface area contributed by atoms with E-state index < -0.39 is 0 Å². The topological polar surface area (TPSA) is 0 Å². The van der Waals surface area contributed by atoms with Crippen molar-refractivity contribution < 1.29 is 0 Å². The van der Waals surface area contributed by atoms with Gasteiger partial charge in [-0.05, 0) is 48.3 Å². The quantitative estimate of drug-likeness (QED) is 0.533. The Hall–Kier alpha value is 0. The van der Waals surface area contributed by atoms with E-state index >= 15 is 0 Å². The van der Waals surface area contributed by atoms with Crippen LogP contribution in [-0.4, -0.2) is 0 Å². The van der Waals surface area contributed by atoms with Crippen LogP contribution in [0.2, 0.25) is 0 Å². The lowest BCUT2D eigenvalue weighted by Gasteiger charge is -2.35. The molecule has 0 aliphatic heterocycles. The normalized spacial score (nSPS) is 47.1. The Labute approximate surface area is 89.5 Å². The van der Waals surface area contributed by atoms with Crippen molar-refractivity contribution in [2.24, 2.45) is 29.1 Å². The van der Waals surface area contributed by atoms with E-state index in [4.69, 9.17) is 0 Å². The van der Waals surface area contributed by atoms with Gasteiger partial charge in [-0.2, -0.15) is 0 Å². The first-order chi connectivity index (χ1) is 6.50. The highest BCUT2D eigenvalue weighted by atomic mass is 14.5. The molecule has 0 heteroatoms. The molecule has 4 atom stereocenters. The van der Waals surface area contributed by atoms with Gasteiger partial charge in [0.25, 0.3) is 0 Å². The van der Waals surface area contributed by atoms with Crippen LogP contribution in [0.5, 0.6) is 0 Å². The van der Waals surface area contributed by atoms with Gasteiger partial charge in [0, 0.05) is 0 Å². The molecule has 2 fully saturated rings. The Balaban J connectivity index is 2.19. The summed E-state index contributed by atoms with van der Waals surface area (Å²) in [5, 5.41) is 0. The maximum atomic E-state index is 2.52. The molecule has 2 saturated carbocycles. The molecule has 2 aliphatic carbocycles. The van der Waals surface area contributed by atoms with Crippen LogP contribution >= 0.6 is 0 Å². The summed E-state index contributed by atoms with van der Waals surface area (Å²) in [6, 6.07) is 0. The number of hydrogen-bond donors (Lipinski definition) is 0. The van der Waals surface area contributed by atoms with Crippen LogP contribution in [-0.2, 0) is 0 Å². The fourth-order valence-corrected chi connectivity index (χ4v) is 4.35. The smallest absolute Gasteiger partial charge is 0.0321 e. The lowest BCUT2D eigenvalue weighted by molar-refractivity contribution is 0.143. The van der Waals surface area contributed by atoms with E-state index in [1.165, 1.54) is 32.1 Å². The number of fused-ring (bicyclic) bond motifs is 1. The minimum Gasteiger partial charge on any atom is -0.0625 e. The van der Waals surface area contributed by atoms with E-state index in [9.17, 15) is 0 Å². The molecule has 0 bridgehead atoms. The molecule has 0 nitrogen and oxygen atoms in total. The molecule has 0 aromatic heterocycles. The van der Waals surface area contributed by atoms with Crippen molar-refractivity contribution >= 4 is 0 Å². The van der Waals surface area contributed by atoms with Gasteiger partial charge in [0.05, 0.1) is 0 Å². The minimum absolute atomic E-state index is 0.616. The summed E-state index contributed by atoms with van der Waals surface area (Å²) in [6.45, 7) is 9.97. The van der Waals surface area contributed by atoms with Crippen molar-refractivity contribution in [3.8, 4) is 0 Å². The average Bonchev–Trinajstić information content (AvgIpc) is 2.37. The predicted molar refractivity (Wildman–Crippen MR) is 62.2 cm³/mol. The van der Waals surface area contributed by atoms with Crippen molar-refractivity contribution in [1.29, 1.82) is 0 Å². The average molecular weight is 194 g/mol. The Bertz CT molecular complexity index is 204. The maximum Gasteiger partial charge on any atom is -0.0321 e. The largest absolute Gasteiger partial charge is 0.0625 e. The Morgan fingerprint density at radius 2 is 1.64 bits per heavy atom. The van der Waals surface area contributed by atoms with Gasteiger partial charge in [-0.25, -0.2) is 0 Å². The Kier molecular flexibility index (Phi) is 2.66. The summed E-state index contributed by atoms with van der Waals surface area (Å²) in [4.78, 5) is 0. The van der Waals surface area contributed by atoms with Crippen LogP contribution in [0, 0.1) is 29.1 Å². The molecule has 0 spiro atoms. The first-order valence-corrected chi connectivity index (χ1v) is 6.50. The van der Waals surface area contributed by atoms with Crippen LogP contribution < -0.4 is 0 Å². The SMILES string of the molecule is CC1CCC2C(C)CCC2C(C)(C)C1. The van der Waals surface area contributed by atoms with Crippen molar-refractivity contribution in [2.45, 2.75) is 59.8 Å². The van der Waals surface area contributed by atoms with Crippen LogP contribution in [0.15, 0.2) is 0 Å². The Morgan fingerprint density at radius 1 is 0.929 bits per heavy atom. The molecule has 4 unspecified atom stereocenters.